The third-order valence-corrected chi connectivity index (χ3v) is 7.77. The maximum absolute atomic E-state index is 12.8. The fraction of sp³-hybridized carbons (Fsp3) is 0.190. The van der Waals surface area contributed by atoms with Gasteiger partial charge in [0, 0.05) is 36.7 Å². The van der Waals surface area contributed by atoms with E-state index in [1.165, 1.54) is 48.8 Å². The van der Waals surface area contributed by atoms with Crippen LogP contribution in [0.5, 0.6) is 0 Å². The minimum absolute atomic E-state index is 0.0233. The van der Waals surface area contributed by atoms with Crippen LogP contribution >= 0.6 is 0 Å². The van der Waals surface area contributed by atoms with Gasteiger partial charge in [-0.2, -0.15) is 0 Å². The fourth-order valence-electron chi connectivity index (χ4n) is 3.45. The Labute approximate surface area is 191 Å². The minimum atomic E-state index is -3.93. The van der Waals surface area contributed by atoms with Gasteiger partial charge in [0.2, 0.25) is 11.9 Å². The summed E-state index contributed by atoms with van der Waals surface area (Å²) in [7, 11) is -7.86. The summed E-state index contributed by atoms with van der Waals surface area (Å²) in [6.07, 6.45) is 4.07. The van der Waals surface area contributed by atoms with E-state index in [2.05, 4.69) is 19.4 Å². The summed E-state index contributed by atoms with van der Waals surface area (Å²) < 4.78 is 55.3. The number of carbonyl (C=O) groups is 1. The minimum Gasteiger partial charge on any atom is -0.312 e. The molecular formula is C21H21N5O5S2. The van der Waals surface area contributed by atoms with Crippen LogP contribution in [0.2, 0.25) is 0 Å². The SMILES string of the molecule is Cc1cc(S(=O)(=O)Nc2ccc(S(=O)(=O)Nc3ncccn3)cc2)ccc1N1CCCC1=O. The zero-order chi connectivity index (χ0) is 23.6. The van der Waals surface area contributed by atoms with Gasteiger partial charge in [0.05, 0.1) is 9.79 Å². The van der Waals surface area contributed by atoms with Crippen molar-refractivity contribution in [2.24, 2.45) is 0 Å². The molecule has 0 radical (unpaired) electrons. The van der Waals surface area contributed by atoms with Crippen molar-refractivity contribution in [1.29, 1.82) is 0 Å². The van der Waals surface area contributed by atoms with Crippen LogP contribution < -0.4 is 14.3 Å². The summed E-state index contributed by atoms with van der Waals surface area (Å²) in [5, 5.41) is 0. The van der Waals surface area contributed by atoms with E-state index < -0.39 is 20.0 Å². The van der Waals surface area contributed by atoms with Gasteiger partial charge in [-0.1, -0.05) is 0 Å². The molecule has 0 spiro atoms. The predicted molar refractivity (Wildman–Crippen MR) is 123 cm³/mol. The lowest BCUT2D eigenvalue weighted by atomic mass is 10.2. The summed E-state index contributed by atoms with van der Waals surface area (Å²) in [4.78, 5) is 21.2. The van der Waals surface area contributed by atoms with Crippen molar-refractivity contribution in [1.82, 2.24) is 9.97 Å². The van der Waals surface area contributed by atoms with E-state index in [-0.39, 0.29) is 27.3 Å². The number of anilines is 3. The molecule has 0 atom stereocenters. The number of aromatic nitrogens is 2. The number of sulfonamides is 2. The molecule has 1 aliphatic heterocycles. The van der Waals surface area contributed by atoms with Gasteiger partial charge in [-0.05, 0) is 67.4 Å². The quantitative estimate of drug-likeness (QED) is 0.522. The Morgan fingerprint density at radius 2 is 1.52 bits per heavy atom. The lowest BCUT2D eigenvalue weighted by Crippen LogP contribution is -2.24. The molecule has 1 amide bonds. The van der Waals surface area contributed by atoms with Crippen molar-refractivity contribution < 1.29 is 21.6 Å². The second-order valence-corrected chi connectivity index (χ2v) is 10.8. The normalized spacial score (nSPS) is 14.3. The first-order valence-electron chi connectivity index (χ1n) is 9.99. The van der Waals surface area contributed by atoms with Gasteiger partial charge in [-0.3, -0.25) is 9.52 Å². The Balaban J connectivity index is 1.50. The number of hydrogen-bond acceptors (Lipinski definition) is 7. The first-order valence-corrected chi connectivity index (χ1v) is 13.0. The zero-order valence-corrected chi connectivity index (χ0v) is 19.2. The topological polar surface area (TPSA) is 138 Å². The molecule has 3 aromatic rings. The molecule has 2 N–H and O–H groups in total. The van der Waals surface area contributed by atoms with Gasteiger partial charge in [0.25, 0.3) is 20.0 Å². The van der Waals surface area contributed by atoms with E-state index in [0.29, 0.717) is 24.2 Å². The van der Waals surface area contributed by atoms with E-state index in [1.54, 1.807) is 24.0 Å². The summed E-state index contributed by atoms with van der Waals surface area (Å²) in [5.74, 6) is -0.0492. The summed E-state index contributed by atoms with van der Waals surface area (Å²) in [6, 6.07) is 11.4. The van der Waals surface area contributed by atoms with Crippen LogP contribution in [0.25, 0.3) is 0 Å². The Bertz CT molecular complexity index is 1390. The number of aryl methyl sites for hydroxylation is 1. The highest BCUT2D eigenvalue weighted by Crippen LogP contribution is 2.28. The maximum atomic E-state index is 12.8. The highest BCUT2D eigenvalue weighted by molar-refractivity contribution is 7.93. The van der Waals surface area contributed by atoms with E-state index >= 15 is 0 Å². The molecule has 1 aromatic heterocycles. The van der Waals surface area contributed by atoms with Crippen molar-refractivity contribution in [2.75, 3.05) is 20.9 Å². The smallest absolute Gasteiger partial charge is 0.264 e. The van der Waals surface area contributed by atoms with Gasteiger partial charge < -0.3 is 4.90 Å². The largest absolute Gasteiger partial charge is 0.312 e. The Hall–Kier alpha value is -3.51. The molecule has 2 aromatic carbocycles. The van der Waals surface area contributed by atoms with Crippen LogP contribution in [0, 0.1) is 6.92 Å². The third-order valence-electron chi connectivity index (χ3n) is 5.05. The number of nitrogens with zero attached hydrogens (tertiary/aromatic N) is 3. The molecular weight excluding hydrogens is 466 g/mol. The molecule has 10 nitrogen and oxygen atoms in total. The Kier molecular flexibility index (Phi) is 6.04. The fourth-order valence-corrected chi connectivity index (χ4v) is 5.55. The molecule has 2 heterocycles. The van der Waals surface area contributed by atoms with Crippen LogP contribution in [0.3, 0.4) is 0 Å². The van der Waals surface area contributed by atoms with E-state index in [9.17, 15) is 21.6 Å². The second kappa shape index (κ2) is 8.79. The first-order chi connectivity index (χ1) is 15.7. The van der Waals surface area contributed by atoms with Crippen molar-refractivity contribution in [3.63, 3.8) is 0 Å². The summed E-state index contributed by atoms with van der Waals surface area (Å²) >= 11 is 0. The second-order valence-electron chi connectivity index (χ2n) is 7.40. The van der Waals surface area contributed by atoms with Crippen LogP contribution in [-0.4, -0.2) is 39.3 Å². The molecule has 4 rings (SSSR count). The standard InChI is InChI=1S/C21H21N5O5S2/c1-15-14-18(9-10-19(15)26-13-2-4-20(26)27)33(30,31)24-16-5-7-17(8-6-16)32(28,29)25-21-22-11-3-12-23-21/h3,5-12,14,24H,2,4,13H2,1H3,(H,22,23,25). The highest BCUT2D eigenvalue weighted by Gasteiger charge is 2.24. The van der Waals surface area contributed by atoms with Gasteiger partial charge in [0.15, 0.2) is 0 Å². The Morgan fingerprint density at radius 3 is 2.12 bits per heavy atom. The monoisotopic (exact) mass is 487 g/mol. The van der Waals surface area contributed by atoms with Crippen LogP contribution in [0.1, 0.15) is 18.4 Å². The molecule has 12 heteroatoms. The zero-order valence-electron chi connectivity index (χ0n) is 17.6. The predicted octanol–water partition coefficient (Wildman–Crippen LogP) is 2.51. The van der Waals surface area contributed by atoms with Crippen LogP contribution in [0.4, 0.5) is 17.3 Å². The van der Waals surface area contributed by atoms with Crippen molar-refractivity contribution in [2.45, 2.75) is 29.6 Å². The van der Waals surface area contributed by atoms with Gasteiger partial charge in [-0.25, -0.2) is 31.5 Å². The molecule has 0 unspecified atom stereocenters. The lowest BCUT2D eigenvalue weighted by molar-refractivity contribution is -0.117. The third kappa shape index (κ3) is 4.96. The molecule has 1 aliphatic rings. The average Bonchev–Trinajstić information content (AvgIpc) is 3.20. The van der Waals surface area contributed by atoms with Crippen molar-refractivity contribution in [3.05, 3.63) is 66.5 Å². The van der Waals surface area contributed by atoms with Crippen LogP contribution in [0.15, 0.2) is 70.7 Å². The number of hydrogen-bond donors (Lipinski definition) is 2. The van der Waals surface area contributed by atoms with Crippen molar-refractivity contribution in [3.8, 4) is 0 Å². The molecule has 1 fully saturated rings. The van der Waals surface area contributed by atoms with Gasteiger partial charge in [-0.15, -0.1) is 0 Å². The molecule has 1 saturated heterocycles. The van der Waals surface area contributed by atoms with E-state index in [4.69, 9.17) is 0 Å². The molecule has 0 aliphatic carbocycles. The summed E-state index contributed by atoms with van der Waals surface area (Å²) in [5.41, 5.74) is 1.56. The number of benzene rings is 2. The molecule has 0 bridgehead atoms. The molecule has 172 valence electrons. The average molecular weight is 488 g/mol. The number of rotatable bonds is 7. The number of nitrogens with one attached hydrogen (secondary N) is 2. The number of carbonyl (C=O) groups excluding carboxylic acids is 1. The lowest BCUT2D eigenvalue weighted by Gasteiger charge is -2.19. The van der Waals surface area contributed by atoms with Crippen LogP contribution in [-0.2, 0) is 24.8 Å². The highest BCUT2D eigenvalue weighted by atomic mass is 32.2. The van der Waals surface area contributed by atoms with E-state index in [1.807, 2.05) is 0 Å². The van der Waals surface area contributed by atoms with Gasteiger partial charge >= 0.3 is 0 Å². The maximum Gasteiger partial charge on any atom is 0.264 e. The Morgan fingerprint density at radius 1 is 0.879 bits per heavy atom. The molecule has 0 saturated carbocycles. The van der Waals surface area contributed by atoms with E-state index in [0.717, 1.165) is 6.42 Å². The molecule has 33 heavy (non-hydrogen) atoms. The van der Waals surface area contributed by atoms with Gasteiger partial charge in [0.1, 0.15) is 0 Å². The first kappa shape index (κ1) is 22.7. The summed E-state index contributed by atoms with van der Waals surface area (Å²) in [6.45, 7) is 2.37. The van der Waals surface area contributed by atoms with Crippen molar-refractivity contribution >= 4 is 43.3 Å². The number of amides is 1.